The lowest BCUT2D eigenvalue weighted by molar-refractivity contribution is -0.131. The second-order valence-corrected chi connectivity index (χ2v) is 3.12. The van der Waals surface area contributed by atoms with E-state index in [1.807, 2.05) is 0 Å². The van der Waals surface area contributed by atoms with Gasteiger partial charge in [-0.05, 0) is 18.2 Å². The highest BCUT2D eigenvalue weighted by Crippen LogP contribution is 2.18. The summed E-state index contributed by atoms with van der Waals surface area (Å²) < 4.78 is 4.95. The van der Waals surface area contributed by atoms with Gasteiger partial charge in [-0.3, -0.25) is 4.79 Å². The van der Waals surface area contributed by atoms with Crippen LogP contribution in [0, 0.1) is 0 Å². The maximum atomic E-state index is 10.9. The van der Waals surface area contributed by atoms with Crippen LogP contribution in [0.4, 0.5) is 0 Å². The zero-order chi connectivity index (χ0) is 10.7. The number of nitrogens with zero attached hydrogens (tertiary/aromatic N) is 2. The Balaban J connectivity index is 2.34. The summed E-state index contributed by atoms with van der Waals surface area (Å²) in [7, 11) is 0. The van der Waals surface area contributed by atoms with Crippen molar-refractivity contribution in [2.24, 2.45) is 0 Å². The average Bonchev–Trinajstić information content (AvgIpc) is 2.29. The minimum absolute atomic E-state index is 0.163. The van der Waals surface area contributed by atoms with E-state index in [1.54, 1.807) is 24.4 Å². The van der Waals surface area contributed by atoms with Gasteiger partial charge in [0.25, 0.3) is 0 Å². The normalized spacial score (nSPS) is 10.2. The zero-order valence-electron chi connectivity index (χ0n) is 7.68. The molecule has 76 valence electrons. The summed E-state index contributed by atoms with van der Waals surface area (Å²) in [5.74, 6) is -0.195. The Morgan fingerprint density at radius 3 is 3.13 bits per heavy atom. The van der Waals surface area contributed by atoms with Crippen molar-refractivity contribution < 1.29 is 9.53 Å². The Morgan fingerprint density at radius 1 is 1.47 bits per heavy atom. The number of rotatable bonds is 2. The maximum Gasteiger partial charge on any atom is 0.326 e. The largest absolute Gasteiger partial charge is 0.426 e. The van der Waals surface area contributed by atoms with E-state index < -0.39 is 5.97 Å². The average molecular weight is 223 g/mol. The van der Waals surface area contributed by atoms with Gasteiger partial charge in [0.1, 0.15) is 18.0 Å². The van der Waals surface area contributed by atoms with E-state index >= 15 is 0 Å². The number of aromatic nitrogens is 2. The first-order valence-electron chi connectivity index (χ1n) is 4.26. The molecule has 0 amide bonds. The van der Waals surface area contributed by atoms with Crippen molar-refractivity contribution in [1.29, 1.82) is 0 Å². The molecule has 0 aliphatic heterocycles. The smallest absolute Gasteiger partial charge is 0.326 e. The highest BCUT2D eigenvalue weighted by Gasteiger charge is 2.03. The van der Waals surface area contributed by atoms with E-state index in [0.717, 1.165) is 10.9 Å². The van der Waals surface area contributed by atoms with Crippen molar-refractivity contribution in [1.82, 2.24) is 9.97 Å². The standard InChI is InChI=1S/C10H7ClN2O2/c11-4-10(14)15-8-1-2-9-7(3-8)5-12-6-13-9/h1-3,5-6H,4H2. The van der Waals surface area contributed by atoms with Gasteiger partial charge in [0.15, 0.2) is 0 Å². The van der Waals surface area contributed by atoms with Gasteiger partial charge in [0.05, 0.1) is 5.52 Å². The van der Waals surface area contributed by atoms with Gasteiger partial charge in [-0.1, -0.05) is 0 Å². The predicted octanol–water partition coefficient (Wildman–Crippen LogP) is 1.77. The summed E-state index contributed by atoms with van der Waals surface area (Å²) in [5.41, 5.74) is 0.802. The molecular weight excluding hydrogens is 216 g/mol. The zero-order valence-corrected chi connectivity index (χ0v) is 8.44. The first kappa shape index (κ1) is 9.86. The van der Waals surface area contributed by atoms with E-state index in [1.165, 1.54) is 6.33 Å². The molecule has 0 saturated heterocycles. The number of benzene rings is 1. The molecule has 1 heterocycles. The molecule has 15 heavy (non-hydrogen) atoms. The van der Waals surface area contributed by atoms with Gasteiger partial charge in [0, 0.05) is 11.6 Å². The number of hydrogen-bond acceptors (Lipinski definition) is 4. The molecule has 0 saturated carbocycles. The van der Waals surface area contributed by atoms with Crippen molar-refractivity contribution in [2.75, 3.05) is 5.88 Å². The molecule has 5 heteroatoms. The van der Waals surface area contributed by atoms with Crippen molar-refractivity contribution >= 4 is 28.5 Å². The second-order valence-electron chi connectivity index (χ2n) is 2.85. The number of esters is 1. The monoisotopic (exact) mass is 222 g/mol. The first-order valence-corrected chi connectivity index (χ1v) is 4.79. The number of fused-ring (bicyclic) bond motifs is 1. The maximum absolute atomic E-state index is 10.9. The number of carbonyl (C=O) groups is 1. The Kier molecular flexibility index (Phi) is 2.78. The minimum Gasteiger partial charge on any atom is -0.426 e. The Morgan fingerprint density at radius 2 is 2.33 bits per heavy atom. The molecular formula is C10H7ClN2O2. The highest BCUT2D eigenvalue weighted by atomic mass is 35.5. The van der Waals surface area contributed by atoms with Gasteiger partial charge >= 0.3 is 5.97 Å². The van der Waals surface area contributed by atoms with Gasteiger partial charge in [0.2, 0.25) is 0 Å². The van der Waals surface area contributed by atoms with E-state index in [-0.39, 0.29) is 5.88 Å². The molecule has 0 radical (unpaired) electrons. The fourth-order valence-electron chi connectivity index (χ4n) is 1.18. The highest BCUT2D eigenvalue weighted by molar-refractivity contribution is 6.26. The van der Waals surface area contributed by atoms with Crippen LogP contribution in [0.25, 0.3) is 10.9 Å². The minimum atomic E-state index is -0.479. The summed E-state index contributed by atoms with van der Waals surface area (Å²) >= 11 is 5.32. The van der Waals surface area contributed by atoms with Crippen LogP contribution in [0.1, 0.15) is 0 Å². The first-order chi connectivity index (χ1) is 7.29. The molecule has 0 fully saturated rings. The van der Waals surface area contributed by atoms with E-state index in [4.69, 9.17) is 16.3 Å². The quantitative estimate of drug-likeness (QED) is 0.442. The Bertz CT molecular complexity index is 502. The fourth-order valence-corrected chi connectivity index (χ4v) is 1.24. The lowest BCUT2D eigenvalue weighted by atomic mass is 10.2. The SMILES string of the molecule is O=C(CCl)Oc1ccc2ncncc2c1. The van der Waals surface area contributed by atoms with Crippen LogP contribution >= 0.6 is 11.6 Å². The summed E-state index contributed by atoms with van der Waals surface area (Å²) in [6.45, 7) is 0. The van der Waals surface area contributed by atoms with Crippen LogP contribution in [0.5, 0.6) is 5.75 Å². The van der Waals surface area contributed by atoms with Crippen LogP contribution in [0.15, 0.2) is 30.7 Å². The van der Waals surface area contributed by atoms with Crippen LogP contribution in [-0.4, -0.2) is 21.8 Å². The van der Waals surface area contributed by atoms with Crippen molar-refractivity contribution in [3.63, 3.8) is 0 Å². The van der Waals surface area contributed by atoms with Crippen molar-refractivity contribution in [3.8, 4) is 5.75 Å². The van der Waals surface area contributed by atoms with Crippen LogP contribution in [0.2, 0.25) is 0 Å². The Labute approximate surface area is 90.9 Å². The molecule has 0 bridgehead atoms. The summed E-state index contributed by atoms with van der Waals surface area (Å²) in [4.78, 5) is 18.9. The lowest BCUT2D eigenvalue weighted by Crippen LogP contribution is -2.08. The fraction of sp³-hybridized carbons (Fsp3) is 0.100. The van der Waals surface area contributed by atoms with Crippen LogP contribution in [0.3, 0.4) is 0 Å². The molecule has 0 spiro atoms. The molecule has 0 aliphatic rings. The lowest BCUT2D eigenvalue weighted by Gasteiger charge is -2.02. The number of alkyl halides is 1. The second kappa shape index (κ2) is 4.23. The van der Waals surface area contributed by atoms with E-state index in [9.17, 15) is 4.79 Å². The van der Waals surface area contributed by atoms with Crippen molar-refractivity contribution in [2.45, 2.75) is 0 Å². The summed E-state index contributed by atoms with van der Waals surface area (Å²) in [5, 5.41) is 0.817. The van der Waals surface area contributed by atoms with Gasteiger partial charge in [-0.15, -0.1) is 11.6 Å². The molecule has 2 rings (SSSR count). The summed E-state index contributed by atoms with van der Waals surface area (Å²) in [6, 6.07) is 5.12. The van der Waals surface area contributed by atoms with E-state index in [2.05, 4.69) is 9.97 Å². The molecule has 0 unspecified atom stereocenters. The summed E-state index contributed by atoms with van der Waals surface area (Å²) in [6.07, 6.45) is 3.12. The number of ether oxygens (including phenoxy) is 1. The molecule has 4 nitrogen and oxygen atoms in total. The molecule has 1 aromatic heterocycles. The molecule has 0 aliphatic carbocycles. The van der Waals surface area contributed by atoms with Crippen LogP contribution in [-0.2, 0) is 4.79 Å². The number of hydrogen-bond donors (Lipinski definition) is 0. The topological polar surface area (TPSA) is 52.1 Å². The van der Waals surface area contributed by atoms with Crippen molar-refractivity contribution in [3.05, 3.63) is 30.7 Å². The third kappa shape index (κ3) is 2.22. The molecule has 2 aromatic rings. The Hall–Kier alpha value is -1.68. The van der Waals surface area contributed by atoms with E-state index in [0.29, 0.717) is 5.75 Å². The molecule has 0 atom stereocenters. The van der Waals surface area contributed by atoms with Crippen LogP contribution < -0.4 is 4.74 Å². The molecule has 1 aromatic carbocycles. The third-order valence-electron chi connectivity index (χ3n) is 1.82. The van der Waals surface area contributed by atoms with Gasteiger partial charge in [-0.2, -0.15) is 0 Å². The number of carbonyl (C=O) groups excluding carboxylic acids is 1. The van der Waals surface area contributed by atoms with Gasteiger partial charge < -0.3 is 4.74 Å². The van der Waals surface area contributed by atoms with Gasteiger partial charge in [-0.25, -0.2) is 9.97 Å². The third-order valence-corrected chi connectivity index (χ3v) is 2.04. The predicted molar refractivity (Wildman–Crippen MR) is 55.9 cm³/mol. The number of halogens is 1. The molecule has 0 N–H and O–H groups in total.